The molecule has 0 aliphatic carbocycles. The SMILES string of the molecule is Cc1cc(NC(=O)C(C)CCl)n(C2CCS(=O)(=O)C2)n1. The third kappa shape index (κ3) is 3.32. The summed E-state index contributed by atoms with van der Waals surface area (Å²) in [5.74, 6) is 0.502. The fraction of sp³-hybridized carbons (Fsp3) is 0.667. The Morgan fingerprint density at radius 2 is 2.35 bits per heavy atom. The number of carbonyl (C=O) groups excluding carboxylic acids is 1. The Morgan fingerprint density at radius 1 is 1.65 bits per heavy atom. The molecule has 2 unspecified atom stereocenters. The second-order valence-electron chi connectivity index (χ2n) is 5.22. The summed E-state index contributed by atoms with van der Waals surface area (Å²) in [5, 5.41) is 7.07. The van der Waals surface area contributed by atoms with Crippen molar-refractivity contribution in [1.29, 1.82) is 0 Å². The first-order valence-corrected chi connectivity index (χ1v) is 8.81. The van der Waals surface area contributed by atoms with Crippen LogP contribution in [0.15, 0.2) is 6.07 Å². The predicted molar refractivity (Wildman–Crippen MR) is 77.8 cm³/mol. The monoisotopic (exact) mass is 319 g/mol. The molecule has 0 bridgehead atoms. The van der Waals surface area contributed by atoms with Gasteiger partial charge in [-0.1, -0.05) is 6.92 Å². The molecule has 2 heterocycles. The molecule has 0 saturated carbocycles. The maximum atomic E-state index is 11.9. The van der Waals surface area contributed by atoms with Crippen LogP contribution >= 0.6 is 11.6 Å². The van der Waals surface area contributed by atoms with Crippen LogP contribution in [0.4, 0.5) is 5.82 Å². The van der Waals surface area contributed by atoms with Crippen LogP contribution in [0.5, 0.6) is 0 Å². The molecule has 1 N–H and O–H groups in total. The van der Waals surface area contributed by atoms with E-state index in [2.05, 4.69) is 10.4 Å². The van der Waals surface area contributed by atoms with Crippen LogP contribution in [0.2, 0.25) is 0 Å². The molecule has 6 nitrogen and oxygen atoms in total. The van der Waals surface area contributed by atoms with Gasteiger partial charge in [0.25, 0.3) is 0 Å². The second-order valence-corrected chi connectivity index (χ2v) is 7.75. The van der Waals surface area contributed by atoms with E-state index in [0.717, 1.165) is 5.69 Å². The van der Waals surface area contributed by atoms with Gasteiger partial charge in [0.15, 0.2) is 9.84 Å². The summed E-state index contributed by atoms with van der Waals surface area (Å²) in [6, 6.07) is 1.53. The molecule has 0 aromatic carbocycles. The van der Waals surface area contributed by atoms with E-state index in [1.54, 1.807) is 24.6 Å². The quantitative estimate of drug-likeness (QED) is 0.850. The van der Waals surface area contributed by atoms with Gasteiger partial charge in [-0.3, -0.25) is 4.79 Å². The number of anilines is 1. The van der Waals surface area contributed by atoms with E-state index in [1.165, 1.54) is 0 Å². The lowest BCUT2D eigenvalue weighted by atomic mass is 10.2. The number of nitrogens with one attached hydrogen (secondary N) is 1. The molecule has 1 fully saturated rings. The second kappa shape index (κ2) is 5.73. The zero-order valence-corrected chi connectivity index (χ0v) is 13.0. The number of sulfone groups is 1. The van der Waals surface area contributed by atoms with E-state index < -0.39 is 9.84 Å². The van der Waals surface area contributed by atoms with Crippen LogP contribution in [-0.4, -0.2) is 41.5 Å². The van der Waals surface area contributed by atoms with Gasteiger partial charge in [0.1, 0.15) is 5.82 Å². The van der Waals surface area contributed by atoms with Gasteiger partial charge in [0, 0.05) is 17.9 Å². The Labute approximate surface area is 123 Å². The summed E-state index contributed by atoms with van der Waals surface area (Å²) in [4.78, 5) is 11.9. The first-order chi connectivity index (χ1) is 9.32. The van der Waals surface area contributed by atoms with Gasteiger partial charge in [0.05, 0.1) is 23.2 Å². The number of aryl methyl sites for hydroxylation is 1. The molecule has 2 rings (SSSR count). The maximum absolute atomic E-state index is 11.9. The van der Waals surface area contributed by atoms with Gasteiger partial charge in [-0.2, -0.15) is 5.10 Å². The summed E-state index contributed by atoms with van der Waals surface area (Å²) in [6.45, 7) is 3.54. The molecule has 1 amide bonds. The zero-order valence-electron chi connectivity index (χ0n) is 11.5. The third-order valence-corrected chi connectivity index (χ3v) is 5.56. The molecule has 8 heteroatoms. The molecule has 1 aliphatic rings. The highest BCUT2D eigenvalue weighted by Gasteiger charge is 2.31. The molecule has 0 spiro atoms. The van der Waals surface area contributed by atoms with Crippen LogP contribution in [0.1, 0.15) is 25.1 Å². The summed E-state index contributed by atoms with van der Waals surface area (Å²) < 4.78 is 24.7. The molecule has 20 heavy (non-hydrogen) atoms. The fourth-order valence-electron chi connectivity index (χ4n) is 2.18. The standard InChI is InChI=1S/C12H18ClN3O3S/c1-8(6-13)12(17)14-11-5-9(2)15-16(11)10-3-4-20(18,19)7-10/h5,8,10H,3-4,6-7H2,1-2H3,(H,14,17). The molecule has 1 aromatic rings. The van der Waals surface area contributed by atoms with Gasteiger partial charge >= 0.3 is 0 Å². The molecule has 2 atom stereocenters. The molecule has 1 aliphatic heterocycles. The van der Waals surface area contributed by atoms with Crippen LogP contribution in [0.25, 0.3) is 0 Å². The predicted octanol–water partition coefficient (Wildman–Crippen LogP) is 1.36. The average molecular weight is 320 g/mol. The molecular weight excluding hydrogens is 302 g/mol. The van der Waals surface area contributed by atoms with E-state index in [4.69, 9.17) is 11.6 Å². The number of amides is 1. The van der Waals surface area contributed by atoms with Crippen molar-refractivity contribution < 1.29 is 13.2 Å². The largest absolute Gasteiger partial charge is 0.311 e. The van der Waals surface area contributed by atoms with Gasteiger partial charge < -0.3 is 5.32 Å². The first-order valence-electron chi connectivity index (χ1n) is 6.46. The summed E-state index contributed by atoms with van der Waals surface area (Å²) in [6.07, 6.45) is 0.525. The Bertz CT molecular complexity index is 611. The Hall–Kier alpha value is -1.08. The summed E-state index contributed by atoms with van der Waals surface area (Å²) in [5.41, 5.74) is 0.739. The minimum atomic E-state index is -3.00. The number of hydrogen-bond acceptors (Lipinski definition) is 4. The van der Waals surface area contributed by atoms with Crippen molar-refractivity contribution in [3.63, 3.8) is 0 Å². The van der Waals surface area contributed by atoms with E-state index in [0.29, 0.717) is 12.2 Å². The summed E-state index contributed by atoms with van der Waals surface area (Å²) >= 11 is 5.66. The zero-order chi connectivity index (χ0) is 14.9. The smallest absolute Gasteiger partial charge is 0.229 e. The van der Waals surface area contributed by atoms with Crippen molar-refractivity contribution in [2.24, 2.45) is 5.92 Å². The van der Waals surface area contributed by atoms with Crippen molar-refractivity contribution in [3.8, 4) is 0 Å². The molecule has 1 aromatic heterocycles. The minimum Gasteiger partial charge on any atom is -0.311 e. The van der Waals surface area contributed by atoms with Gasteiger partial charge in [0.2, 0.25) is 5.91 Å². The number of hydrogen-bond donors (Lipinski definition) is 1. The Morgan fingerprint density at radius 3 is 2.90 bits per heavy atom. The molecular formula is C12H18ClN3O3S. The van der Waals surface area contributed by atoms with E-state index in [1.807, 2.05) is 0 Å². The van der Waals surface area contributed by atoms with Crippen molar-refractivity contribution in [2.45, 2.75) is 26.3 Å². The minimum absolute atomic E-state index is 0.0715. The average Bonchev–Trinajstić information content (AvgIpc) is 2.91. The molecule has 1 saturated heterocycles. The molecule has 112 valence electrons. The lowest BCUT2D eigenvalue weighted by molar-refractivity contribution is -0.118. The van der Waals surface area contributed by atoms with E-state index in [-0.39, 0.29) is 35.3 Å². The van der Waals surface area contributed by atoms with E-state index in [9.17, 15) is 13.2 Å². The van der Waals surface area contributed by atoms with Gasteiger partial charge in [-0.05, 0) is 13.3 Å². The van der Waals surface area contributed by atoms with E-state index >= 15 is 0 Å². The highest BCUT2D eigenvalue weighted by Crippen LogP contribution is 2.27. The summed E-state index contributed by atoms with van der Waals surface area (Å²) in [7, 11) is -3.00. The van der Waals surface area contributed by atoms with Crippen molar-refractivity contribution >= 4 is 33.2 Å². The highest BCUT2D eigenvalue weighted by molar-refractivity contribution is 7.91. The number of aromatic nitrogens is 2. The number of halogens is 1. The molecule has 0 radical (unpaired) electrons. The normalized spacial score (nSPS) is 22.6. The maximum Gasteiger partial charge on any atom is 0.229 e. The lowest BCUT2D eigenvalue weighted by Crippen LogP contribution is -2.24. The lowest BCUT2D eigenvalue weighted by Gasteiger charge is -2.15. The number of carbonyl (C=O) groups is 1. The number of rotatable bonds is 4. The topological polar surface area (TPSA) is 81.1 Å². The third-order valence-electron chi connectivity index (χ3n) is 3.34. The fourth-order valence-corrected chi connectivity index (χ4v) is 4.01. The van der Waals surface area contributed by atoms with Crippen LogP contribution < -0.4 is 5.32 Å². The van der Waals surface area contributed by atoms with Crippen molar-refractivity contribution in [3.05, 3.63) is 11.8 Å². The van der Waals surface area contributed by atoms with Gasteiger partial charge in [-0.15, -0.1) is 11.6 Å². The Kier molecular flexibility index (Phi) is 4.39. The van der Waals surface area contributed by atoms with Crippen LogP contribution in [0.3, 0.4) is 0 Å². The number of nitrogens with zero attached hydrogens (tertiary/aromatic N) is 2. The number of alkyl halides is 1. The first kappa shape index (κ1) is 15.3. The van der Waals surface area contributed by atoms with Crippen LogP contribution in [-0.2, 0) is 14.6 Å². The van der Waals surface area contributed by atoms with Crippen LogP contribution in [0, 0.1) is 12.8 Å². The Balaban J connectivity index is 2.21. The highest BCUT2D eigenvalue weighted by atomic mass is 35.5. The van der Waals surface area contributed by atoms with Gasteiger partial charge in [-0.25, -0.2) is 13.1 Å². The van der Waals surface area contributed by atoms with Crippen molar-refractivity contribution in [2.75, 3.05) is 22.7 Å². The van der Waals surface area contributed by atoms with Crippen molar-refractivity contribution in [1.82, 2.24) is 9.78 Å².